The lowest BCUT2D eigenvalue weighted by Crippen LogP contribution is -2.11. The molecule has 0 aromatic heterocycles. The summed E-state index contributed by atoms with van der Waals surface area (Å²) in [6, 6.07) is 42.4. The molecule has 2 atom stereocenters. The fourth-order valence-corrected chi connectivity index (χ4v) is 6.86. The van der Waals surface area contributed by atoms with Crippen LogP contribution in [0.5, 0.6) is 0 Å². The van der Waals surface area contributed by atoms with Crippen LogP contribution in [0, 0.1) is 0 Å². The fraction of sp³-hybridized carbons (Fsp3) is 0.0488. The van der Waals surface area contributed by atoms with Crippen molar-refractivity contribution in [3.05, 3.63) is 180 Å². The molecule has 0 heterocycles. The predicted octanol–water partition coefficient (Wildman–Crippen LogP) is 10.9. The number of hydrogen-bond acceptors (Lipinski definition) is 0. The van der Waals surface area contributed by atoms with E-state index < -0.39 is 0 Å². The molecule has 2 aliphatic carbocycles. The third-order valence-corrected chi connectivity index (χ3v) is 8.67. The van der Waals surface area contributed by atoms with Gasteiger partial charge in [0.15, 0.2) is 0 Å². The third-order valence-electron chi connectivity index (χ3n) is 8.67. The normalized spacial score (nSPS) is 17.6. The highest BCUT2D eigenvalue weighted by atomic mass is 14.3. The van der Waals surface area contributed by atoms with E-state index in [2.05, 4.69) is 157 Å². The monoisotopic (exact) mass is 520 g/mol. The Morgan fingerprint density at radius 2 is 1.05 bits per heavy atom. The van der Waals surface area contributed by atoms with Crippen LogP contribution >= 0.6 is 0 Å². The van der Waals surface area contributed by atoms with Gasteiger partial charge in [-0.1, -0.05) is 134 Å². The van der Waals surface area contributed by atoms with Crippen LogP contribution in [-0.2, 0) is 0 Å². The van der Waals surface area contributed by atoms with Gasteiger partial charge in [0, 0.05) is 17.4 Å². The molecule has 0 nitrogen and oxygen atoms in total. The second-order valence-electron chi connectivity index (χ2n) is 10.9. The van der Waals surface area contributed by atoms with E-state index in [0.717, 1.165) is 5.57 Å². The summed E-state index contributed by atoms with van der Waals surface area (Å²) in [5.41, 5.74) is 11.1. The van der Waals surface area contributed by atoms with E-state index in [1.54, 1.807) is 0 Å². The summed E-state index contributed by atoms with van der Waals surface area (Å²) in [5, 5.41) is 7.71. The molecule has 0 saturated carbocycles. The molecule has 192 valence electrons. The lowest BCUT2D eigenvalue weighted by molar-refractivity contribution is 0.740. The molecule has 6 aromatic rings. The largest absolute Gasteiger partial charge is 0.112 e. The Hall–Kier alpha value is -5.16. The van der Waals surface area contributed by atoms with Crippen LogP contribution in [-0.4, -0.2) is 0 Å². The molecule has 0 saturated heterocycles. The Labute approximate surface area is 240 Å². The number of hydrogen-bond donors (Lipinski definition) is 0. The molecule has 6 aromatic carbocycles. The highest BCUT2D eigenvalue weighted by Gasteiger charge is 2.27. The first-order valence-corrected chi connectivity index (χ1v) is 14.4. The Morgan fingerprint density at radius 1 is 0.488 bits per heavy atom. The maximum Gasteiger partial charge on any atom is 0.0243 e. The highest BCUT2D eigenvalue weighted by Crippen LogP contribution is 2.48. The summed E-state index contributed by atoms with van der Waals surface area (Å²) in [6.07, 6.45) is 15.4. The van der Waals surface area contributed by atoms with Crippen molar-refractivity contribution in [3.8, 4) is 11.1 Å². The van der Waals surface area contributed by atoms with Crippen molar-refractivity contribution >= 4 is 37.9 Å². The number of benzene rings is 6. The summed E-state index contributed by atoms with van der Waals surface area (Å²) < 4.78 is 0. The smallest absolute Gasteiger partial charge is 0.0243 e. The number of rotatable bonds is 4. The van der Waals surface area contributed by atoms with Crippen LogP contribution in [0.1, 0.15) is 28.5 Å². The Kier molecular flexibility index (Phi) is 5.66. The van der Waals surface area contributed by atoms with Crippen LogP contribution in [0.4, 0.5) is 0 Å². The summed E-state index contributed by atoms with van der Waals surface area (Å²) >= 11 is 0. The van der Waals surface area contributed by atoms with Gasteiger partial charge in [-0.05, 0) is 84.4 Å². The van der Waals surface area contributed by atoms with Crippen LogP contribution in [0.15, 0.2) is 164 Å². The van der Waals surface area contributed by atoms with Crippen LogP contribution < -0.4 is 0 Å². The molecule has 0 fully saturated rings. The SMILES string of the molecule is C1=CC=CC=1c1cc2ccccc2cc1-c1c2ccccc2c(C2C=CC=CC2c2ccccc2)c2ccccc12. The van der Waals surface area contributed by atoms with E-state index in [9.17, 15) is 0 Å². The molecule has 0 amide bonds. The van der Waals surface area contributed by atoms with Crippen molar-refractivity contribution in [1.82, 2.24) is 0 Å². The summed E-state index contributed by atoms with van der Waals surface area (Å²) in [4.78, 5) is 0. The van der Waals surface area contributed by atoms with Gasteiger partial charge in [0.25, 0.3) is 0 Å². The van der Waals surface area contributed by atoms with E-state index >= 15 is 0 Å². The topological polar surface area (TPSA) is 0 Å². The van der Waals surface area contributed by atoms with Crippen LogP contribution in [0.3, 0.4) is 0 Å². The lowest BCUT2D eigenvalue weighted by atomic mass is 9.74. The van der Waals surface area contributed by atoms with Crippen molar-refractivity contribution in [1.29, 1.82) is 0 Å². The van der Waals surface area contributed by atoms with Gasteiger partial charge in [-0.15, -0.1) is 5.73 Å². The quantitative estimate of drug-likeness (QED) is 0.160. The minimum atomic E-state index is 0.228. The average molecular weight is 521 g/mol. The minimum Gasteiger partial charge on any atom is -0.112 e. The first-order valence-electron chi connectivity index (χ1n) is 14.4. The zero-order chi connectivity index (χ0) is 27.2. The third kappa shape index (κ3) is 3.93. The van der Waals surface area contributed by atoms with E-state index in [-0.39, 0.29) is 11.8 Å². The Morgan fingerprint density at radius 3 is 1.68 bits per heavy atom. The van der Waals surface area contributed by atoms with Gasteiger partial charge in [0.05, 0.1) is 0 Å². The van der Waals surface area contributed by atoms with Crippen molar-refractivity contribution in [3.63, 3.8) is 0 Å². The standard InChI is InChI=1S/C41H28/c1-2-14-28(15-3-1)32-20-8-9-21-33(32)40-34-22-10-12-24-36(34)41(37-25-13-11-23-35(37)40)39-27-31-19-7-6-18-30(31)26-38(39)29-16-4-5-17-29/h1-16,18-27,32-33H. The fourth-order valence-electron chi connectivity index (χ4n) is 6.86. The molecule has 0 heteroatoms. The molecule has 0 aliphatic heterocycles. The van der Waals surface area contributed by atoms with Gasteiger partial charge in [0.1, 0.15) is 0 Å². The second-order valence-corrected chi connectivity index (χ2v) is 10.9. The first-order chi connectivity index (χ1) is 20.4. The van der Waals surface area contributed by atoms with Crippen LogP contribution in [0.2, 0.25) is 0 Å². The molecule has 0 radical (unpaired) electrons. The van der Waals surface area contributed by atoms with Gasteiger partial charge in [-0.3, -0.25) is 0 Å². The van der Waals surface area contributed by atoms with Gasteiger partial charge < -0.3 is 0 Å². The molecule has 2 aliphatic rings. The summed E-state index contributed by atoms with van der Waals surface area (Å²) in [7, 11) is 0. The second kappa shape index (κ2) is 9.79. The minimum absolute atomic E-state index is 0.228. The van der Waals surface area contributed by atoms with E-state index in [4.69, 9.17) is 0 Å². The molecule has 0 N–H and O–H groups in total. The molecule has 2 unspecified atom stereocenters. The van der Waals surface area contributed by atoms with Crippen molar-refractivity contribution in [2.45, 2.75) is 11.8 Å². The van der Waals surface area contributed by atoms with Gasteiger partial charge in [0.2, 0.25) is 0 Å². The molecule has 8 rings (SSSR count). The Bertz CT molecular complexity index is 2070. The van der Waals surface area contributed by atoms with E-state index in [1.807, 2.05) is 6.08 Å². The molecule has 41 heavy (non-hydrogen) atoms. The highest BCUT2D eigenvalue weighted by molar-refractivity contribution is 6.17. The predicted molar refractivity (Wildman–Crippen MR) is 175 cm³/mol. The molecule has 0 bridgehead atoms. The van der Waals surface area contributed by atoms with Gasteiger partial charge in [-0.25, -0.2) is 0 Å². The van der Waals surface area contributed by atoms with Crippen LogP contribution in [0.25, 0.3) is 49.0 Å². The van der Waals surface area contributed by atoms with E-state index in [0.29, 0.717) is 0 Å². The maximum atomic E-state index is 3.49. The summed E-state index contributed by atoms with van der Waals surface area (Å²) in [5.74, 6) is 0.500. The van der Waals surface area contributed by atoms with E-state index in [1.165, 1.54) is 60.1 Å². The Balaban J connectivity index is 1.48. The van der Waals surface area contributed by atoms with Crippen molar-refractivity contribution < 1.29 is 0 Å². The molecular weight excluding hydrogens is 492 g/mol. The lowest BCUT2D eigenvalue weighted by Gasteiger charge is -2.29. The van der Waals surface area contributed by atoms with Crippen molar-refractivity contribution in [2.75, 3.05) is 0 Å². The zero-order valence-electron chi connectivity index (χ0n) is 22.7. The first kappa shape index (κ1) is 23.7. The molecule has 0 spiro atoms. The average Bonchev–Trinajstić information content (AvgIpc) is 3.59. The number of allylic oxidation sites excluding steroid dienone is 7. The zero-order valence-corrected chi connectivity index (χ0v) is 22.7. The summed E-state index contributed by atoms with van der Waals surface area (Å²) in [6.45, 7) is 0. The maximum absolute atomic E-state index is 3.49. The van der Waals surface area contributed by atoms with Crippen molar-refractivity contribution in [2.24, 2.45) is 0 Å². The van der Waals surface area contributed by atoms with Gasteiger partial charge in [-0.2, -0.15) is 0 Å². The number of fused-ring (bicyclic) bond motifs is 3. The van der Waals surface area contributed by atoms with Gasteiger partial charge >= 0.3 is 0 Å². The molecular formula is C41H28.